The van der Waals surface area contributed by atoms with Crippen molar-refractivity contribution in [2.75, 3.05) is 38.1 Å². The molecule has 4 rings (SSSR count). The van der Waals surface area contributed by atoms with E-state index in [1.165, 1.54) is 30.5 Å². The summed E-state index contributed by atoms with van der Waals surface area (Å²) in [5, 5.41) is 21.7. The van der Waals surface area contributed by atoms with Gasteiger partial charge in [-0.1, -0.05) is 19.1 Å². The summed E-state index contributed by atoms with van der Waals surface area (Å²) in [6, 6.07) is 9.26. The number of nitriles is 1. The third-order valence-electron chi connectivity index (χ3n) is 6.45. The van der Waals surface area contributed by atoms with Gasteiger partial charge in [-0.25, -0.2) is 4.98 Å². The third kappa shape index (κ3) is 3.89. The van der Waals surface area contributed by atoms with Crippen molar-refractivity contribution in [1.82, 2.24) is 9.88 Å². The van der Waals surface area contributed by atoms with Gasteiger partial charge in [0.05, 0.1) is 5.69 Å². The molecular weight excluding hydrogens is 421 g/mol. The number of ether oxygens (including phenoxy) is 1. The van der Waals surface area contributed by atoms with E-state index in [2.05, 4.69) is 25.6 Å². The van der Waals surface area contributed by atoms with E-state index in [0.29, 0.717) is 35.6 Å². The van der Waals surface area contributed by atoms with Crippen LogP contribution < -0.4 is 9.64 Å². The van der Waals surface area contributed by atoms with Crippen molar-refractivity contribution in [1.29, 1.82) is 5.26 Å². The molecule has 0 amide bonds. The second-order valence-electron chi connectivity index (χ2n) is 8.91. The molecule has 9 heteroatoms. The van der Waals surface area contributed by atoms with E-state index in [0.717, 1.165) is 25.9 Å². The Balaban J connectivity index is 1.80. The van der Waals surface area contributed by atoms with Gasteiger partial charge in [-0.05, 0) is 43.7 Å². The van der Waals surface area contributed by atoms with Crippen molar-refractivity contribution >= 4 is 5.69 Å². The number of aromatic nitrogens is 1. The summed E-state index contributed by atoms with van der Waals surface area (Å²) in [7, 11) is 1.94. The van der Waals surface area contributed by atoms with Crippen LogP contribution in [-0.2, 0) is 5.60 Å². The van der Waals surface area contributed by atoms with E-state index in [1.54, 1.807) is 6.07 Å². The Hall–Kier alpha value is -2.83. The van der Waals surface area contributed by atoms with Crippen LogP contribution >= 0.6 is 0 Å². The molecule has 2 aliphatic rings. The third-order valence-corrected chi connectivity index (χ3v) is 6.45. The molecular formula is C23H25F3N4O2. The number of rotatable bonds is 5. The molecule has 2 aromatic rings. The minimum absolute atomic E-state index is 0.294. The maximum Gasteiger partial charge on any atom is 0.573 e. The normalized spacial score (nSPS) is 20.3. The average Bonchev–Trinajstić information content (AvgIpc) is 3.25. The van der Waals surface area contributed by atoms with Gasteiger partial charge in [0.15, 0.2) is 5.69 Å². The lowest BCUT2D eigenvalue weighted by atomic mass is 9.62. The quantitative estimate of drug-likeness (QED) is 0.756. The number of alkyl halides is 3. The summed E-state index contributed by atoms with van der Waals surface area (Å²) in [5.41, 5.74) is -0.199. The molecule has 170 valence electrons. The lowest BCUT2D eigenvalue weighted by molar-refractivity contribution is -0.274. The second-order valence-corrected chi connectivity index (χ2v) is 8.91. The summed E-state index contributed by atoms with van der Waals surface area (Å²) in [4.78, 5) is 8.49. The largest absolute Gasteiger partial charge is 0.573 e. The van der Waals surface area contributed by atoms with Crippen LogP contribution in [0.3, 0.4) is 0 Å². The Morgan fingerprint density at radius 2 is 1.75 bits per heavy atom. The number of halogens is 3. The van der Waals surface area contributed by atoms with Crippen molar-refractivity contribution in [2.24, 2.45) is 5.41 Å². The van der Waals surface area contributed by atoms with Gasteiger partial charge >= 0.3 is 6.36 Å². The maximum absolute atomic E-state index is 12.6. The van der Waals surface area contributed by atoms with Crippen LogP contribution in [0.1, 0.15) is 36.6 Å². The highest BCUT2D eigenvalue weighted by Gasteiger charge is 2.55. The molecule has 1 unspecified atom stereocenters. The molecule has 1 aromatic heterocycles. The first-order valence-corrected chi connectivity index (χ1v) is 10.5. The van der Waals surface area contributed by atoms with Crippen molar-refractivity contribution in [2.45, 2.75) is 31.7 Å². The molecule has 6 nitrogen and oxygen atoms in total. The molecule has 0 bridgehead atoms. The maximum atomic E-state index is 12.6. The van der Waals surface area contributed by atoms with Gasteiger partial charge < -0.3 is 19.6 Å². The molecule has 3 heterocycles. The van der Waals surface area contributed by atoms with Crippen LogP contribution in [0.2, 0.25) is 0 Å². The Labute approximate surface area is 184 Å². The number of anilines is 1. The fourth-order valence-electron chi connectivity index (χ4n) is 5.07. The zero-order chi connectivity index (χ0) is 23.1. The van der Waals surface area contributed by atoms with E-state index in [9.17, 15) is 23.5 Å². The number of hydrogen-bond acceptors (Lipinski definition) is 6. The molecule has 1 atom stereocenters. The summed E-state index contributed by atoms with van der Waals surface area (Å²) in [6.07, 6.45) is -1.25. The molecule has 32 heavy (non-hydrogen) atoms. The van der Waals surface area contributed by atoms with Crippen molar-refractivity contribution < 1.29 is 23.0 Å². The van der Waals surface area contributed by atoms with Crippen LogP contribution in [0.4, 0.5) is 18.9 Å². The fraction of sp³-hybridized carbons (Fsp3) is 0.478. The molecule has 2 saturated heterocycles. The van der Waals surface area contributed by atoms with Crippen LogP contribution in [0.5, 0.6) is 5.75 Å². The Kier molecular flexibility index (Phi) is 5.55. The highest BCUT2D eigenvalue weighted by atomic mass is 19.4. The van der Waals surface area contributed by atoms with E-state index in [-0.39, 0.29) is 5.75 Å². The highest BCUT2D eigenvalue weighted by Crippen LogP contribution is 2.51. The summed E-state index contributed by atoms with van der Waals surface area (Å²) < 4.78 is 41.7. The molecule has 0 saturated carbocycles. The molecule has 1 N–H and O–H groups in total. The summed E-state index contributed by atoms with van der Waals surface area (Å²) in [6.45, 7) is 4.73. The Morgan fingerprint density at radius 3 is 2.28 bits per heavy atom. The first-order chi connectivity index (χ1) is 15.1. The topological polar surface area (TPSA) is 72.6 Å². The van der Waals surface area contributed by atoms with E-state index < -0.39 is 17.4 Å². The van der Waals surface area contributed by atoms with Crippen molar-refractivity contribution in [3.05, 3.63) is 53.3 Å². The van der Waals surface area contributed by atoms with Crippen LogP contribution in [0, 0.1) is 16.7 Å². The summed E-state index contributed by atoms with van der Waals surface area (Å²) >= 11 is 0. The van der Waals surface area contributed by atoms with Gasteiger partial charge in [0.25, 0.3) is 0 Å². The number of nitrogens with zero attached hydrogens (tertiary/aromatic N) is 4. The molecule has 0 aliphatic carbocycles. The Morgan fingerprint density at radius 1 is 1.12 bits per heavy atom. The average molecular weight is 446 g/mol. The van der Waals surface area contributed by atoms with E-state index >= 15 is 0 Å². The number of aliphatic hydroxyl groups is 1. The smallest absolute Gasteiger partial charge is 0.406 e. The predicted octanol–water partition coefficient (Wildman–Crippen LogP) is 3.64. The summed E-state index contributed by atoms with van der Waals surface area (Å²) in [5.74, 6) is -0.352. The fourth-order valence-corrected chi connectivity index (χ4v) is 5.07. The zero-order valence-electron chi connectivity index (χ0n) is 18.0. The van der Waals surface area contributed by atoms with Crippen LogP contribution in [0.15, 0.2) is 36.5 Å². The first-order valence-electron chi connectivity index (χ1n) is 10.5. The van der Waals surface area contributed by atoms with Gasteiger partial charge in [0.1, 0.15) is 17.4 Å². The molecule has 2 fully saturated rings. The van der Waals surface area contributed by atoms with Crippen molar-refractivity contribution in [3.8, 4) is 11.8 Å². The predicted molar refractivity (Wildman–Crippen MR) is 112 cm³/mol. The van der Waals surface area contributed by atoms with Crippen LogP contribution in [-0.4, -0.2) is 54.6 Å². The number of hydrogen-bond donors (Lipinski definition) is 1. The van der Waals surface area contributed by atoms with Gasteiger partial charge in [0, 0.05) is 43.4 Å². The van der Waals surface area contributed by atoms with Gasteiger partial charge in [-0.15, -0.1) is 13.2 Å². The minimum Gasteiger partial charge on any atom is -0.406 e. The van der Waals surface area contributed by atoms with E-state index in [4.69, 9.17) is 0 Å². The monoisotopic (exact) mass is 446 g/mol. The number of pyridine rings is 1. The number of benzene rings is 1. The molecule has 0 spiro atoms. The lowest BCUT2D eigenvalue weighted by Gasteiger charge is -2.56. The molecule has 1 aromatic carbocycles. The highest BCUT2D eigenvalue weighted by molar-refractivity contribution is 5.59. The standard InChI is InChI=1S/C23H25F3N4O2/c1-21(14-29(2)15-21)22(31,16-5-7-18(8-6-16)32-23(24,25)26)17-11-20(19(12-27)28-13-17)30-9-3-4-10-30/h5-8,11,13,31H,3-4,9-10,14-15H2,1-2H3. The minimum atomic E-state index is -4.79. The molecule has 2 aliphatic heterocycles. The second kappa shape index (κ2) is 7.94. The lowest BCUT2D eigenvalue weighted by Crippen LogP contribution is -2.63. The molecule has 0 radical (unpaired) electrons. The number of likely N-dealkylation sites (tertiary alicyclic amines) is 1. The van der Waals surface area contributed by atoms with Gasteiger partial charge in [-0.3, -0.25) is 0 Å². The van der Waals surface area contributed by atoms with Gasteiger partial charge in [0.2, 0.25) is 0 Å². The zero-order valence-corrected chi connectivity index (χ0v) is 18.0. The van der Waals surface area contributed by atoms with E-state index in [1.807, 2.05) is 14.0 Å². The Bertz CT molecular complexity index is 1020. The SMILES string of the molecule is CN1CC(C)(C(O)(c2ccc(OC(F)(F)F)cc2)c2cnc(C#N)c(N3CCCC3)c2)C1. The van der Waals surface area contributed by atoms with Crippen molar-refractivity contribution in [3.63, 3.8) is 0 Å². The first kappa shape index (κ1) is 22.4. The van der Waals surface area contributed by atoms with Gasteiger partial charge in [-0.2, -0.15) is 5.26 Å². The van der Waals surface area contributed by atoms with Crippen LogP contribution in [0.25, 0.3) is 0 Å².